The van der Waals surface area contributed by atoms with Gasteiger partial charge in [-0.25, -0.2) is 0 Å². The lowest BCUT2D eigenvalue weighted by Crippen LogP contribution is -2.38. The number of nitrogens with one attached hydrogen (secondary N) is 1. The van der Waals surface area contributed by atoms with Gasteiger partial charge in [0.05, 0.1) is 0 Å². The number of alkyl halides is 1. The Kier molecular flexibility index (Phi) is 6.81. The molecule has 0 aliphatic carbocycles. The molecule has 1 heterocycles. The van der Waals surface area contributed by atoms with E-state index in [1.54, 1.807) is 0 Å². The molecule has 1 N–H and O–H groups in total. The van der Waals surface area contributed by atoms with E-state index in [1.807, 2.05) is 0 Å². The molecule has 0 aromatic rings. The Morgan fingerprint density at radius 1 is 1.44 bits per heavy atom. The van der Waals surface area contributed by atoms with Gasteiger partial charge in [0.25, 0.3) is 0 Å². The summed E-state index contributed by atoms with van der Waals surface area (Å²) in [5.74, 6) is 1.39. The van der Waals surface area contributed by atoms with Crippen LogP contribution in [0.2, 0.25) is 0 Å². The minimum Gasteiger partial charge on any atom is -0.356 e. The van der Waals surface area contributed by atoms with Crippen molar-refractivity contribution < 1.29 is 4.79 Å². The van der Waals surface area contributed by atoms with E-state index in [-0.39, 0.29) is 5.91 Å². The Bertz CT molecular complexity index is 203. The standard InChI is InChI=1S/C12H23ClN2O/c1-2-15-8-5-11(6-9-15)10-14-12(16)4-3-7-13/h11H,2-10H2,1H3,(H,14,16). The van der Waals surface area contributed by atoms with E-state index in [4.69, 9.17) is 11.6 Å². The van der Waals surface area contributed by atoms with Crippen LogP contribution >= 0.6 is 11.6 Å². The van der Waals surface area contributed by atoms with E-state index < -0.39 is 0 Å². The second-order valence-corrected chi connectivity index (χ2v) is 4.85. The van der Waals surface area contributed by atoms with Gasteiger partial charge in [0, 0.05) is 18.8 Å². The van der Waals surface area contributed by atoms with Crippen LogP contribution in [-0.2, 0) is 4.79 Å². The van der Waals surface area contributed by atoms with Gasteiger partial charge in [-0.3, -0.25) is 4.79 Å². The van der Waals surface area contributed by atoms with Gasteiger partial charge in [0.15, 0.2) is 0 Å². The van der Waals surface area contributed by atoms with E-state index in [9.17, 15) is 4.79 Å². The molecule has 1 saturated heterocycles. The monoisotopic (exact) mass is 246 g/mol. The van der Waals surface area contributed by atoms with Crippen LogP contribution in [0.5, 0.6) is 0 Å². The van der Waals surface area contributed by atoms with Crippen LogP contribution in [0.1, 0.15) is 32.6 Å². The normalized spacial score (nSPS) is 18.6. The number of hydrogen-bond acceptors (Lipinski definition) is 2. The number of hydrogen-bond donors (Lipinski definition) is 1. The van der Waals surface area contributed by atoms with Crippen molar-refractivity contribution >= 4 is 17.5 Å². The molecule has 0 atom stereocenters. The SMILES string of the molecule is CCN1CCC(CNC(=O)CCCCl)CC1. The van der Waals surface area contributed by atoms with Crippen molar-refractivity contribution in [1.82, 2.24) is 10.2 Å². The molecule has 1 aliphatic heterocycles. The average molecular weight is 247 g/mol. The number of carbonyl (C=O) groups excluding carboxylic acids is 1. The molecule has 1 aliphatic rings. The van der Waals surface area contributed by atoms with Gasteiger partial charge in [0.2, 0.25) is 5.91 Å². The summed E-state index contributed by atoms with van der Waals surface area (Å²) in [5.41, 5.74) is 0. The molecule has 0 aromatic carbocycles. The first-order valence-electron chi connectivity index (χ1n) is 6.31. The first kappa shape index (κ1) is 13.8. The van der Waals surface area contributed by atoms with Crippen molar-refractivity contribution in [3.63, 3.8) is 0 Å². The van der Waals surface area contributed by atoms with Gasteiger partial charge < -0.3 is 10.2 Å². The molecule has 1 rings (SSSR count). The molecule has 0 spiro atoms. The molecule has 0 radical (unpaired) electrons. The third-order valence-electron chi connectivity index (χ3n) is 3.28. The Balaban J connectivity index is 2.07. The number of nitrogens with zero attached hydrogens (tertiary/aromatic N) is 1. The highest BCUT2D eigenvalue weighted by Gasteiger charge is 2.18. The second-order valence-electron chi connectivity index (χ2n) is 4.47. The maximum absolute atomic E-state index is 11.4. The molecule has 0 bridgehead atoms. The molecule has 94 valence electrons. The summed E-state index contributed by atoms with van der Waals surface area (Å²) in [4.78, 5) is 13.8. The lowest BCUT2D eigenvalue weighted by Gasteiger charge is -2.31. The van der Waals surface area contributed by atoms with Gasteiger partial charge in [-0.15, -0.1) is 11.6 Å². The molecule has 0 aromatic heterocycles. The van der Waals surface area contributed by atoms with Crippen LogP contribution in [-0.4, -0.2) is 42.9 Å². The van der Waals surface area contributed by atoms with Crippen LogP contribution in [0, 0.1) is 5.92 Å². The van der Waals surface area contributed by atoms with Gasteiger partial charge in [0.1, 0.15) is 0 Å². The Morgan fingerprint density at radius 3 is 2.69 bits per heavy atom. The molecule has 16 heavy (non-hydrogen) atoms. The highest BCUT2D eigenvalue weighted by Crippen LogP contribution is 2.15. The fraction of sp³-hybridized carbons (Fsp3) is 0.917. The molecule has 3 nitrogen and oxygen atoms in total. The first-order valence-corrected chi connectivity index (χ1v) is 6.84. The molecule has 0 unspecified atom stereocenters. The van der Waals surface area contributed by atoms with E-state index in [1.165, 1.54) is 25.9 Å². The maximum atomic E-state index is 11.4. The van der Waals surface area contributed by atoms with Crippen LogP contribution in [0.4, 0.5) is 0 Å². The van der Waals surface area contributed by atoms with Crippen molar-refractivity contribution in [3.8, 4) is 0 Å². The Labute approximate surface area is 104 Å². The second kappa shape index (κ2) is 7.91. The van der Waals surface area contributed by atoms with E-state index in [2.05, 4.69) is 17.1 Å². The molecular weight excluding hydrogens is 224 g/mol. The molecule has 4 heteroatoms. The predicted octanol–water partition coefficient (Wildman–Crippen LogP) is 1.85. The van der Waals surface area contributed by atoms with Gasteiger partial charge in [-0.2, -0.15) is 0 Å². The fourth-order valence-electron chi connectivity index (χ4n) is 2.08. The third-order valence-corrected chi connectivity index (χ3v) is 3.55. The zero-order chi connectivity index (χ0) is 11.8. The summed E-state index contributed by atoms with van der Waals surface area (Å²) < 4.78 is 0. The fourth-order valence-corrected chi connectivity index (χ4v) is 2.21. The van der Waals surface area contributed by atoms with Crippen molar-refractivity contribution in [2.45, 2.75) is 32.6 Å². The highest BCUT2D eigenvalue weighted by atomic mass is 35.5. The summed E-state index contributed by atoms with van der Waals surface area (Å²) in [7, 11) is 0. The quantitative estimate of drug-likeness (QED) is 0.726. The van der Waals surface area contributed by atoms with Crippen molar-refractivity contribution in [3.05, 3.63) is 0 Å². The number of likely N-dealkylation sites (tertiary alicyclic amines) is 1. The topological polar surface area (TPSA) is 32.3 Å². The lowest BCUT2D eigenvalue weighted by molar-refractivity contribution is -0.121. The number of carbonyl (C=O) groups is 1. The molecular formula is C12H23ClN2O. The minimum atomic E-state index is 0.151. The summed E-state index contributed by atoms with van der Waals surface area (Å²) in [5, 5.41) is 3.00. The lowest BCUT2D eigenvalue weighted by atomic mass is 9.97. The van der Waals surface area contributed by atoms with Gasteiger partial charge >= 0.3 is 0 Å². The van der Waals surface area contributed by atoms with E-state index in [0.717, 1.165) is 19.5 Å². The smallest absolute Gasteiger partial charge is 0.220 e. The summed E-state index contributed by atoms with van der Waals surface area (Å²) in [6, 6.07) is 0. The van der Waals surface area contributed by atoms with E-state index >= 15 is 0 Å². The summed E-state index contributed by atoms with van der Waals surface area (Å²) in [6.07, 6.45) is 3.77. The molecule has 1 fully saturated rings. The van der Waals surface area contributed by atoms with Crippen LogP contribution < -0.4 is 5.32 Å². The number of piperidine rings is 1. The van der Waals surface area contributed by atoms with Crippen LogP contribution in [0.15, 0.2) is 0 Å². The average Bonchev–Trinajstić information content (AvgIpc) is 2.34. The Hall–Kier alpha value is -0.280. The van der Waals surface area contributed by atoms with Crippen molar-refractivity contribution in [1.29, 1.82) is 0 Å². The van der Waals surface area contributed by atoms with E-state index in [0.29, 0.717) is 18.2 Å². The number of amides is 1. The first-order chi connectivity index (χ1) is 7.76. The summed E-state index contributed by atoms with van der Waals surface area (Å²) >= 11 is 5.54. The molecule has 1 amide bonds. The highest BCUT2D eigenvalue weighted by molar-refractivity contribution is 6.17. The largest absolute Gasteiger partial charge is 0.356 e. The maximum Gasteiger partial charge on any atom is 0.220 e. The number of rotatable bonds is 6. The zero-order valence-corrected chi connectivity index (χ0v) is 10.9. The summed E-state index contributed by atoms with van der Waals surface area (Å²) in [6.45, 7) is 6.55. The minimum absolute atomic E-state index is 0.151. The van der Waals surface area contributed by atoms with Crippen LogP contribution in [0.3, 0.4) is 0 Å². The third kappa shape index (κ3) is 5.17. The zero-order valence-electron chi connectivity index (χ0n) is 10.2. The molecule has 0 saturated carbocycles. The number of halogens is 1. The van der Waals surface area contributed by atoms with Crippen LogP contribution in [0.25, 0.3) is 0 Å². The van der Waals surface area contributed by atoms with Crippen molar-refractivity contribution in [2.75, 3.05) is 32.1 Å². The predicted molar refractivity (Wildman–Crippen MR) is 67.8 cm³/mol. The van der Waals surface area contributed by atoms with Gasteiger partial charge in [-0.05, 0) is 44.8 Å². The van der Waals surface area contributed by atoms with Crippen molar-refractivity contribution in [2.24, 2.45) is 5.92 Å². The van der Waals surface area contributed by atoms with Gasteiger partial charge in [-0.1, -0.05) is 6.92 Å². The Morgan fingerprint density at radius 2 is 2.12 bits per heavy atom.